The van der Waals surface area contributed by atoms with Gasteiger partial charge in [-0.15, -0.1) is 11.3 Å². The molecular weight excluding hydrogens is 306 g/mol. The van der Waals surface area contributed by atoms with Crippen LogP contribution in [0.4, 0.5) is 0 Å². The van der Waals surface area contributed by atoms with Crippen LogP contribution in [-0.4, -0.2) is 9.97 Å². The average molecular weight is 316 g/mol. The minimum absolute atomic E-state index is 0.212. The lowest BCUT2D eigenvalue weighted by Gasteiger charge is -2.09. The van der Waals surface area contributed by atoms with Gasteiger partial charge in [0.05, 0.1) is 11.6 Å². The first-order valence-corrected chi connectivity index (χ1v) is 7.46. The number of fused-ring (bicyclic) bond motifs is 1. The van der Waals surface area contributed by atoms with Crippen molar-refractivity contribution >= 4 is 33.2 Å². The second-order valence-corrected chi connectivity index (χ2v) is 5.70. The Morgan fingerprint density at radius 1 is 1.33 bits per heavy atom. The molecule has 3 rings (SSSR count). The first-order valence-electron chi connectivity index (χ1n) is 6.20. The van der Waals surface area contributed by atoms with Gasteiger partial charge < -0.3 is 4.74 Å². The molecule has 21 heavy (non-hydrogen) atoms. The van der Waals surface area contributed by atoms with Gasteiger partial charge >= 0.3 is 0 Å². The van der Waals surface area contributed by atoms with E-state index >= 15 is 0 Å². The predicted octanol–water partition coefficient (Wildman–Crippen LogP) is 4.10. The lowest BCUT2D eigenvalue weighted by atomic mass is 10.1. The van der Waals surface area contributed by atoms with Crippen LogP contribution in [0.15, 0.2) is 29.6 Å². The molecule has 4 nitrogen and oxygen atoms in total. The Kier molecular flexibility index (Phi) is 3.74. The van der Waals surface area contributed by atoms with Gasteiger partial charge in [-0.2, -0.15) is 5.26 Å². The Bertz CT molecular complexity index is 854. The third-order valence-corrected chi connectivity index (χ3v) is 4.09. The number of halogens is 1. The first-order chi connectivity index (χ1) is 10.2. The lowest BCUT2D eigenvalue weighted by molar-refractivity contribution is 0.294. The Morgan fingerprint density at radius 3 is 3.00 bits per heavy atom. The zero-order chi connectivity index (χ0) is 14.8. The van der Waals surface area contributed by atoms with Gasteiger partial charge in [0, 0.05) is 5.39 Å². The number of benzene rings is 1. The summed E-state index contributed by atoms with van der Waals surface area (Å²) in [6.45, 7) is 2.13. The van der Waals surface area contributed by atoms with Crippen molar-refractivity contribution in [2.24, 2.45) is 0 Å². The monoisotopic (exact) mass is 315 g/mol. The Balaban J connectivity index is 1.85. The maximum absolute atomic E-state index is 8.92. The van der Waals surface area contributed by atoms with Crippen molar-refractivity contribution < 1.29 is 4.74 Å². The Hall–Kier alpha value is -2.16. The summed E-state index contributed by atoms with van der Waals surface area (Å²) in [5.41, 5.74) is 1.51. The molecule has 0 bridgehead atoms. The van der Waals surface area contributed by atoms with E-state index in [1.807, 2.05) is 24.4 Å². The zero-order valence-electron chi connectivity index (χ0n) is 11.1. The summed E-state index contributed by atoms with van der Waals surface area (Å²) in [4.78, 5) is 9.49. The molecule has 0 saturated carbocycles. The molecule has 0 fully saturated rings. The predicted molar refractivity (Wildman–Crippen MR) is 82.7 cm³/mol. The van der Waals surface area contributed by atoms with E-state index in [9.17, 15) is 0 Å². The molecule has 0 amide bonds. The van der Waals surface area contributed by atoms with Gasteiger partial charge in [0.15, 0.2) is 5.82 Å². The van der Waals surface area contributed by atoms with E-state index in [0.717, 1.165) is 15.8 Å². The van der Waals surface area contributed by atoms with Crippen LogP contribution >= 0.6 is 22.9 Å². The van der Waals surface area contributed by atoms with Crippen LogP contribution in [0.2, 0.25) is 5.15 Å². The SMILES string of the molecule is Cc1ccc(C#N)cc1OCc1nc(Cl)c2ccsc2n1. The number of ether oxygens (including phenoxy) is 1. The largest absolute Gasteiger partial charge is 0.485 e. The highest BCUT2D eigenvalue weighted by molar-refractivity contribution is 7.16. The molecule has 6 heteroatoms. The van der Waals surface area contributed by atoms with Crippen LogP contribution in [0.1, 0.15) is 17.0 Å². The molecule has 2 heterocycles. The highest BCUT2D eigenvalue weighted by atomic mass is 35.5. The van der Waals surface area contributed by atoms with Gasteiger partial charge in [-0.05, 0) is 36.1 Å². The first kappa shape index (κ1) is 13.8. The summed E-state index contributed by atoms with van der Waals surface area (Å²) in [5.74, 6) is 1.18. The summed E-state index contributed by atoms with van der Waals surface area (Å²) in [7, 11) is 0. The Labute approximate surface area is 130 Å². The lowest BCUT2D eigenvalue weighted by Crippen LogP contribution is -2.02. The van der Waals surface area contributed by atoms with E-state index in [4.69, 9.17) is 21.6 Å². The summed E-state index contributed by atoms with van der Waals surface area (Å²) < 4.78 is 5.72. The minimum Gasteiger partial charge on any atom is -0.485 e. The Morgan fingerprint density at radius 2 is 2.19 bits per heavy atom. The van der Waals surface area contributed by atoms with Crippen molar-refractivity contribution in [3.05, 3.63) is 51.7 Å². The smallest absolute Gasteiger partial charge is 0.169 e. The van der Waals surface area contributed by atoms with Crippen LogP contribution in [0, 0.1) is 18.3 Å². The molecule has 3 aromatic rings. The van der Waals surface area contributed by atoms with Gasteiger partial charge in [-0.1, -0.05) is 17.7 Å². The summed E-state index contributed by atoms with van der Waals surface area (Å²) in [5, 5.41) is 12.1. The fraction of sp³-hybridized carbons (Fsp3) is 0.133. The van der Waals surface area contributed by atoms with Crippen LogP contribution in [0.5, 0.6) is 5.75 Å². The molecule has 0 aliphatic carbocycles. The average Bonchev–Trinajstić information content (AvgIpc) is 2.95. The van der Waals surface area contributed by atoms with Crippen molar-refractivity contribution in [3.63, 3.8) is 0 Å². The quantitative estimate of drug-likeness (QED) is 0.683. The van der Waals surface area contributed by atoms with E-state index < -0.39 is 0 Å². The van der Waals surface area contributed by atoms with E-state index in [1.54, 1.807) is 12.1 Å². The van der Waals surface area contributed by atoms with Crippen LogP contribution in [-0.2, 0) is 6.61 Å². The van der Waals surface area contributed by atoms with Gasteiger partial charge in [-0.3, -0.25) is 0 Å². The summed E-state index contributed by atoms with van der Waals surface area (Å²) in [6, 6.07) is 9.31. The molecule has 0 atom stereocenters. The number of rotatable bonds is 3. The summed E-state index contributed by atoms with van der Waals surface area (Å²) in [6.07, 6.45) is 0. The zero-order valence-corrected chi connectivity index (χ0v) is 12.7. The number of nitriles is 1. The molecule has 0 aliphatic heterocycles. The van der Waals surface area contributed by atoms with E-state index in [2.05, 4.69) is 16.0 Å². The maximum atomic E-state index is 8.92. The second-order valence-electron chi connectivity index (χ2n) is 4.45. The molecule has 0 radical (unpaired) electrons. The normalized spacial score (nSPS) is 10.5. The van der Waals surface area contributed by atoms with Crippen LogP contribution in [0.25, 0.3) is 10.2 Å². The fourth-order valence-corrected chi connectivity index (χ4v) is 2.98. The van der Waals surface area contributed by atoms with Gasteiger partial charge in [-0.25, -0.2) is 9.97 Å². The van der Waals surface area contributed by atoms with E-state index in [-0.39, 0.29) is 6.61 Å². The number of hydrogen-bond acceptors (Lipinski definition) is 5. The van der Waals surface area contributed by atoms with E-state index in [1.165, 1.54) is 11.3 Å². The highest BCUT2D eigenvalue weighted by Crippen LogP contribution is 2.25. The van der Waals surface area contributed by atoms with E-state index in [0.29, 0.717) is 22.3 Å². The van der Waals surface area contributed by atoms with Crippen molar-refractivity contribution in [2.45, 2.75) is 13.5 Å². The molecule has 0 N–H and O–H groups in total. The number of aromatic nitrogens is 2. The standard InChI is InChI=1S/C15H10ClN3OS/c1-9-2-3-10(7-17)6-12(9)20-8-13-18-14(16)11-4-5-21-15(11)19-13/h2-6H,8H2,1H3. The highest BCUT2D eigenvalue weighted by Gasteiger charge is 2.09. The minimum atomic E-state index is 0.212. The van der Waals surface area contributed by atoms with Crippen molar-refractivity contribution in [3.8, 4) is 11.8 Å². The molecule has 2 aromatic heterocycles. The topological polar surface area (TPSA) is 58.8 Å². The fourth-order valence-electron chi connectivity index (χ4n) is 1.89. The van der Waals surface area contributed by atoms with Crippen molar-refractivity contribution in [1.82, 2.24) is 9.97 Å². The number of nitrogens with zero attached hydrogens (tertiary/aromatic N) is 3. The van der Waals surface area contributed by atoms with Gasteiger partial charge in [0.25, 0.3) is 0 Å². The van der Waals surface area contributed by atoms with Gasteiger partial charge in [0.1, 0.15) is 22.3 Å². The number of aryl methyl sites for hydroxylation is 1. The van der Waals surface area contributed by atoms with Gasteiger partial charge in [0.2, 0.25) is 0 Å². The second kappa shape index (κ2) is 5.68. The molecule has 0 spiro atoms. The summed E-state index contributed by atoms with van der Waals surface area (Å²) >= 11 is 7.63. The molecule has 104 valence electrons. The van der Waals surface area contributed by atoms with Crippen molar-refractivity contribution in [2.75, 3.05) is 0 Å². The molecule has 0 aliphatic rings. The molecule has 1 aromatic carbocycles. The molecule has 0 unspecified atom stereocenters. The number of hydrogen-bond donors (Lipinski definition) is 0. The van der Waals surface area contributed by atoms with Crippen LogP contribution in [0.3, 0.4) is 0 Å². The molecular formula is C15H10ClN3OS. The third kappa shape index (κ3) is 2.82. The number of thiophene rings is 1. The third-order valence-electron chi connectivity index (χ3n) is 3.00. The van der Waals surface area contributed by atoms with Crippen molar-refractivity contribution in [1.29, 1.82) is 5.26 Å². The van der Waals surface area contributed by atoms with Crippen LogP contribution < -0.4 is 4.74 Å². The molecule has 0 saturated heterocycles. The maximum Gasteiger partial charge on any atom is 0.169 e.